The van der Waals surface area contributed by atoms with E-state index in [2.05, 4.69) is 81.1 Å². The van der Waals surface area contributed by atoms with Crippen molar-refractivity contribution < 1.29 is 14.6 Å². The van der Waals surface area contributed by atoms with Gasteiger partial charge in [-0.2, -0.15) is 0 Å². The highest BCUT2D eigenvalue weighted by molar-refractivity contribution is 7.09. The lowest BCUT2D eigenvalue weighted by molar-refractivity contribution is 0.0697. The molecule has 0 radical (unpaired) electrons. The Morgan fingerprint density at radius 3 is 2.18 bits per heavy atom. The van der Waals surface area contributed by atoms with E-state index in [4.69, 9.17) is 14.8 Å². The molecule has 0 aliphatic rings. The number of carboxylic acids is 1. The second-order valence-electron chi connectivity index (χ2n) is 9.77. The summed E-state index contributed by atoms with van der Waals surface area (Å²) < 4.78 is 5.79. The summed E-state index contributed by atoms with van der Waals surface area (Å²) in [5.74, 6) is 0.304. The second-order valence-corrected chi connectivity index (χ2v) is 10.7. The van der Waals surface area contributed by atoms with Crippen LogP contribution in [0.15, 0.2) is 78.2 Å². The Labute approximate surface area is 229 Å². The van der Waals surface area contributed by atoms with E-state index in [0.29, 0.717) is 24.3 Å². The van der Waals surface area contributed by atoms with Crippen molar-refractivity contribution in [1.29, 1.82) is 0 Å². The van der Waals surface area contributed by atoms with Crippen LogP contribution in [-0.4, -0.2) is 22.1 Å². The average Bonchev–Trinajstić information content (AvgIpc) is 3.41. The first-order valence-electron chi connectivity index (χ1n) is 13.2. The Morgan fingerprint density at radius 1 is 0.947 bits per heavy atom. The standard InChI is InChI=1S/C32H36N2O3S/c1-5-24(6-2)25-11-15-28(16-12-25)34(22(3)4)19-23-7-9-26(10-8-23)30-21-38-31(33-30)20-37-29-17-13-27(14-18-29)32(35)36/h7-18,21-22,24H,5-6,19-20H2,1-4H3,(H,35,36). The van der Waals surface area contributed by atoms with E-state index in [0.717, 1.165) is 22.8 Å². The number of nitrogens with zero attached hydrogens (tertiary/aromatic N) is 2. The van der Waals surface area contributed by atoms with Gasteiger partial charge in [-0.15, -0.1) is 11.3 Å². The molecule has 4 rings (SSSR count). The van der Waals surface area contributed by atoms with Gasteiger partial charge < -0.3 is 14.7 Å². The van der Waals surface area contributed by atoms with Gasteiger partial charge in [0.05, 0.1) is 11.3 Å². The fraction of sp³-hybridized carbons (Fsp3) is 0.312. The molecular formula is C32H36N2O3S. The third-order valence-electron chi connectivity index (χ3n) is 6.92. The maximum Gasteiger partial charge on any atom is 0.335 e. The Morgan fingerprint density at radius 2 is 1.61 bits per heavy atom. The lowest BCUT2D eigenvalue weighted by Crippen LogP contribution is -2.30. The lowest BCUT2D eigenvalue weighted by atomic mass is 9.94. The van der Waals surface area contributed by atoms with Gasteiger partial charge in [-0.1, -0.05) is 50.2 Å². The first-order valence-corrected chi connectivity index (χ1v) is 14.1. The van der Waals surface area contributed by atoms with Crippen molar-refractivity contribution in [3.8, 4) is 17.0 Å². The predicted octanol–water partition coefficient (Wildman–Crippen LogP) is 8.41. The summed E-state index contributed by atoms with van der Waals surface area (Å²) in [6.07, 6.45) is 2.35. The molecule has 0 atom stereocenters. The van der Waals surface area contributed by atoms with Crippen LogP contribution in [0.2, 0.25) is 0 Å². The Bertz CT molecular complexity index is 1310. The number of aromatic nitrogens is 1. The first kappa shape index (κ1) is 27.4. The van der Waals surface area contributed by atoms with Crippen molar-refractivity contribution in [1.82, 2.24) is 4.98 Å². The third kappa shape index (κ3) is 6.81. The van der Waals surface area contributed by atoms with Crippen molar-refractivity contribution >= 4 is 23.0 Å². The molecule has 4 aromatic rings. The quantitative estimate of drug-likeness (QED) is 0.200. The number of ether oxygens (including phenoxy) is 1. The molecule has 1 N–H and O–H groups in total. The fourth-order valence-electron chi connectivity index (χ4n) is 4.60. The lowest BCUT2D eigenvalue weighted by Gasteiger charge is -2.30. The van der Waals surface area contributed by atoms with E-state index < -0.39 is 5.97 Å². The molecule has 0 amide bonds. The first-order chi connectivity index (χ1) is 18.4. The van der Waals surface area contributed by atoms with Gasteiger partial charge in [-0.3, -0.25) is 0 Å². The molecular weight excluding hydrogens is 492 g/mol. The number of hydrogen-bond acceptors (Lipinski definition) is 5. The van der Waals surface area contributed by atoms with Gasteiger partial charge in [0.1, 0.15) is 17.4 Å². The molecule has 0 aliphatic carbocycles. The molecule has 0 bridgehead atoms. The highest BCUT2D eigenvalue weighted by Crippen LogP contribution is 2.28. The number of thiazole rings is 1. The number of anilines is 1. The van der Waals surface area contributed by atoms with E-state index >= 15 is 0 Å². The van der Waals surface area contributed by atoms with E-state index in [1.807, 2.05) is 5.38 Å². The van der Waals surface area contributed by atoms with Crippen LogP contribution in [0.1, 0.15) is 72.9 Å². The fourth-order valence-corrected chi connectivity index (χ4v) is 5.31. The summed E-state index contributed by atoms with van der Waals surface area (Å²) in [5, 5.41) is 11.9. The van der Waals surface area contributed by atoms with Crippen LogP contribution in [0, 0.1) is 0 Å². The summed E-state index contributed by atoms with van der Waals surface area (Å²) in [7, 11) is 0. The highest BCUT2D eigenvalue weighted by atomic mass is 32.1. The average molecular weight is 529 g/mol. The summed E-state index contributed by atoms with van der Waals surface area (Å²) in [5.41, 5.74) is 6.18. The van der Waals surface area contributed by atoms with Gasteiger partial charge >= 0.3 is 5.97 Å². The van der Waals surface area contributed by atoms with Gasteiger partial charge in [0.25, 0.3) is 0 Å². The zero-order valence-electron chi connectivity index (χ0n) is 22.6. The van der Waals surface area contributed by atoms with Gasteiger partial charge in [-0.05, 0) is 80.1 Å². The molecule has 1 heterocycles. The highest BCUT2D eigenvalue weighted by Gasteiger charge is 2.14. The second kappa shape index (κ2) is 12.7. The molecule has 0 saturated heterocycles. The normalized spacial score (nSPS) is 11.2. The van der Waals surface area contributed by atoms with E-state index in [1.54, 1.807) is 23.5 Å². The minimum atomic E-state index is -0.949. The summed E-state index contributed by atoms with van der Waals surface area (Å²) in [6.45, 7) is 10.2. The summed E-state index contributed by atoms with van der Waals surface area (Å²) >= 11 is 1.56. The molecule has 38 heavy (non-hydrogen) atoms. The van der Waals surface area contributed by atoms with Crippen LogP contribution in [-0.2, 0) is 13.2 Å². The number of benzene rings is 3. The molecule has 3 aromatic carbocycles. The number of carboxylic acid groups (broad SMARTS) is 1. The van der Waals surface area contributed by atoms with Gasteiger partial charge in [0, 0.05) is 29.2 Å². The van der Waals surface area contributed by atoms with Crippen LogP contribution >= 0.6 is 11.3 Å². The van der Waals surface area contributed by atoms with E-state index in [-0.39, 0.29) is 5.56 Å². The number of aromatic carboxylic acids is 1. The summed E-state index contributed by atoms with van der Waals surface area (Å²) in [4.78, 5) is 18.2. The van der Waals surface area contributed by atoms with Crippen LogP contribution in [0.3, 0.4) is 0 Å². The topological polar surface area (TPSA) is 62.7 Å². The largest absolute Gasteiger partial charge is 0.486 e. The van der Waals surface area contributed by atoms with Gasteiger partial charge in [0.2, 0.25) is 0 Å². The van der Waals surface area contributed by atoms with Crippen molar-refractivity contribution in [3.05, 3.63) is 99.9 Å². The zero-order valence-corrected chi connectivity index (χ0v) is 23.4. The van der Waals surface area contributed by atoms with Gasteiger partial charge in [-0.25, -0.2) is 9.78 Å². The number of hydrogen-bond donors (Lipinski definition) is 1. The Balaban J connectivity index is 1.38. The molecule has 0 aliphatic heterocycles. The zero-order chi connectivity index (χ0) is 27.1. The third-order valence-corrected chi connectivity index (χ3v) is 7.75. The van der Waals surface area contributed by atoms with Crippen molar-refractivity contribution in [2.45, 2.75) is 65.6 Å². The molecule has 6 heteroatoms. The summed E-state index contributed by atoms with van der Waals surface area (Å²) in [6, 6.07) is 24.5. The Hall–Kier alpha value is -3.64. The van der Waals surface area contributed by atoms with Crippen LogP contribution in [0.5, 0.6) is 5.75 Å². The molecule has 198 valence electrons. The monoisotopic (exact) mass is 528 g/mol. The SMILES string of the molecule is CCC(CC)c1ccc(N(Cc2ccc(-c3csc(COc4ccc(C(=O)O)cc4)n3)cc2)C(C)C)cc1. The minimum Gasteiger partial charge on any atom is -0.486 e. The van der Waals surface area contributed by atoms with E-state index in [9.17, 15) is 4.79 Å². The predicted molar refractivity (Wildman–Crippen MR) is 156 cm³/mol. The number of carbonyl (C=O) groups is 1. The van der Waals surface area contributed by atoms with E-state index in [1.165, 1.54) is 41.8 Å². The van der Waals surface area contributed by atoms with Crippen molar-refractivity contribution in [3.63, 3.8) is 0 Å². The van der Waals surface area contributed by atoms with Gasteiger partial charge in [0.15, 0.2) is 0 Å². The van der Waals surface area contributed by atoms with Crippen LogP contribution in [0.4, 0.5) is 5.69 Å². The van der Waals surface area contributed by atoms with Crippen LogP contribution in [0.25, 0.3) is 11.3 Å². The molecule has 0 fully saturated rings. The maximum atomic E-state index is 11.0. The molecule has 5 nitrogen and oxygen atoms in total. The Kier molecular flexibility index (Phi) is 9.19. The van der Waals surface area contributed by atoms with Crippen LogP contribution < -0.4 is 9.64 Å². The number of rotatable bonds is 12. The maximum absolute atomic E-state index is 11.0. The molecule has 1 aromatic heterocycles. The molecule has 0 saturated carbocycles. The van der Waals surface area contributed by atoms with Crippen molar-refractivity contribution in [2.75, 3.05) is 4.90 Å². The van der Waals surface area contributed by atoms with Crippen molar-refractivity contribution in [2.24, 2.45) is 0 Å². The molecule has 0 spiro atoms. The minimum absolute atomic E-state index is 0.240. The smallest absolute Gasteiger partial charge is 0.335 e. The molecule has 0 unspecified atom stereocenters.